The van der Waals surface area contributed by atoms with Gasteiger partial charge in [0.25, 0.3) is 0 Å². The van der Waals surface area contributed by atoms with Gasteiger partial charge in [0, 0.05) is 6.42 Å². The molecule has 0 spiro atoms. The summed E-state index contributed by atoms with van der Waals surface area (Å²) in [5, 5.41) is 3.60. The van der Waals surface area contributed by atoms with Crippen LogP contribution < -0.4 is 5.32 Å². The fourth-order valence-electron chi connectivity index (χ4n) is 2.51. The molecule has 3 aromatic rings. The Bertz CT molecular complexity index is 809. The molecule has 2 aromatic carbocycles. The summed E-state index contributed by atoms with van der Waals surface area (Å²) in [4.78, 5) is 16.6. The number of thiazole rings is 1. The van der Waals surface area contributed by atoms with Crippen LogP contribution in [0, 0.1) is 13.8 Å². The van der Waals surface area contributed by atoms with Crippen molar-refractivity contribution in [2.45, 2.75) is 26.7 Å². The fourth-order valence-corrected chi connectivity index (χ4v) is 3.45. The topological polar surface area (TPSA) is 42.0 Å². The Balaban J connectivity index is 1.68. The second-order valence-electron chi connectivity index (χ2n) is 5.48. The summed E-state index contributed by atoms with van der Waals surface area (Å²) in [7, 11) is 0. The first-order valence-corrected chi connectivity index (χ1v) is 8.15. The van der Waals surface area contributed by atoms with Crippen molar-refractivity contribution < 1.29 is 4.79 Å². The highest BCUT2D eigenvalue weighted by Gasteiger charge is 2.10. The minimum absolute atomic E-state index is 0.0114. The summed E-state index contributed by atoms with van der Waals surface area (Å²) in [5.41, 5.74) is 4.53. The highest BCUT2D eigenvalue weighted by atomic mass is 32.1. The van der Waals surface area contributed by atoms with Crippen molar-refractivity contribution >= 4 is 32.6 Å². The van der Waals surface area contributed by atoms with E-state index in [0.717, 1.165) is 16.6 Å². The molecule has 0 saturated carbocycles. The summed E-state index contributed by atoms with van der Waals surface area (Å²) in [5.74, 6) is 0.0114. The van der Waals surface area contributed by atoms with Gasteiger partial charge in [-0.15, -0.1) is 0 Å². The predicted molar refractivity (Wildman–Crippen MR) is 92.5 cm³/mol. The molecule has 112 valence electrons. The maximum Gasteiger partial charge on any atom is 0.226 e. The number of aromatic nitrogens is 1. The zero-order valence-corrected chi connectivity index (χ0v) is 13.5. The third-order valence-corrected chi connectivity index (χ3v) is 4.67. The Morgan fingerprint density at radius 2 is 1.95 bits per heavy atom. The van der Waals surface area contributed by atoms with Gasteiger partial charge in [0.1, 0.15) is 0 Å². The van der Waals surface area contributed by atoms with Crippen LogP contribution in [0.25, 0.3) is 10.2 Å². The number of aryl methyl sites for hydroxylation is 3. The summed E-state index contributed by atoms with van der Waals surface area (Å²) in [6.45, 7) is 4.14. The largest absolute Gasteiger partial charge is 0.302 e. The van der Waals surface area contributed by atoms with Gasteiger partial charge >= 0.3 is 0 Å². The molecule has 1 N–H and O–H groups in total. The number of benzene rings is 2. The maximum absolute atomic E-state index is 12.1. The lowest BCUT2D eigenvalue weighted by Crippen LogP contribution is -2.11. The quantitative estimate of drug-likeness (QED) is 0.771. The van der Waals surface area contributed by atoms with Crippen LogP contribution in [0.1, 0.15) is 23.1 Å². The van der Waals surface area contributed by atoms with Crippen LogP contribution in [0.2, 0.25) is 0 Å². The molecule has 0 atom stereocenters. The number of carbonyl (C=O) groups excluding carboxylic acids is 1. The van der Waals surface area contributed by atoms with E-state index in [1.807, 2.05) is 30.3 Å². The number of hydrogen-bond acceptors (Lipinski definition) is 3. The molecular weight excluding hydrogens is 292 g/mol. The molecule has 1 amide bonds. The maximum atomic E-state index is 12.1. The van der Waals surface area contributed by atoms with E-state index in [2.05, 4.69) is 36.3 Å². The van der Waals surface area contributed by atoms with Gasteiger partial charge in [0.05, 0.1) is 10.2 Å². The molecule has 0 fully saturated rings. The molecule has 3 rings (SSSR count). The number of carbonyl (C=O) groups is 1. The lowest BCUT2D eigenvalue weighted by Gasteiger charge is -2.01. The number of rotatable bonds is 4. The molecule has 3 nitrogen and oxygen atoms in total. The van der Waals surface area contributed by atoms with E-state index in [-0.39, 0.29) is 5.91 Å². The molecule has 0 saturated heterocycles. The van der Waals surface area contributed by atoms with Crippen molar-refractivity contribution in [2.24, 2.45) is 0 Å². The first-order chi connectivity index (χ1) is 10.6. The van der Waals surface area contributed by atoms with Crippen molar-refractivity contribution in [1.29, 1.82) is 0 Å². The third kappa shape index (κ3) is 3.34. The minimum atomic E-state index is 0.0114. The molecule has 0 bridgehead atoms. The lowest BCUT2D eigenvalue weighted by atomic mass is 10.1. The number of nitrogens with zero attached hydrogens (tertiary/aromatic N) is 1. The Kier molecular flexibility index (Phi) is 4.20. The zero-order valence-electron chi connectivity index (χ0n) is 12.7. The van der Waals surface area contributed by atoms with E-state index < -0.39 is 0 Å². The van der Waals surface area contributed by atoms with Crippen molar-refractivity contribution in [3.8, 4) is 0 Å². The summed E-state index contributed by atoms with van der Waals surface area (Å²) in [6.07, 6.45) is 1.22. The number of fused-ring (bicyclic) bond motifs is 1. The first kappa shape index (κ1) is 14.7. The monoisotopic (exact) mass is 310 g/mol. The average Bonchev–Trinajstić information content (AvgIpc) is 2.89. The van der Waals surface area contributed by atoms with Crippen LogP contribution >= 0.6 is 11.3 Å². The zero-order chi connectivity index (χ0) is 15.5. The van der Waals surface area contributed by atoms with Gasteiger partial charge in [-0.3, -0.25) is 4.79 Å². The van der Waals surface area contributed by atoms with Crippen molar-refractivity contribution in [3.05, 3.63) is 59.2 Å². The van der Waals surface area contributed by atoms with E-state index in [0.29, 0.717) is 11.6 Å². The van der Waals surface area contributed by atoms with E-state index in [9.17, 15) is 4.79 Å². The van der Waals surface area contributed by atoms with Gasteiger partial charge < -0.3 is 5.32 Å². The van der Waals surface area contributed by atoms with Gasteiger partial charge in [-0.2, -0.15) is 0 Å². The molecule has 1 aromatic heterocycles. The van der Waals surface area contributed by atoms with Gasteiger partial charge in [0.15, 0.2) is 5.13 Å². The van der Waals surface area contributed by atoms with Gasteiger partial charge in [0.2, 0.25) is 5.91 Å². The normalized spacial score (nSPS) is 10.8. The molecule has 4 heteroatoms. The Morgan fingerprint density at radius 1 is 1.18 bits per heavy atom. The molecule has 1 heterocycles. The molecular formula is C18H18N2OS. The van der Waals surface area contributed by atoms with E-state index in [1.165, 1.54) is 28.0 Å². The van der Waals surface area contributed by atoms with Gasteiger partial charge in [-0.1, -0.05) is 47.7 Å². The summed E-state index contributed by atoms with van der Waals surface area (Å²) in [6, 6.07) is 14.2. The standard InChI is InChI=1S/C18H18N2OS/c1-12-10-13(2)17-15(11-12)19-18(22-17)20-16(21)9-8-14-6-4-3-5-7-14/h3-7,10-11H,8-9H2,1-2H3,(H,19,20,21). The Labute approximate surface area is 134 Å². The molecule has 0 unspecified atom stereocenters. The van der Waals surface area contributed by atoms with Crippen LogP contribution in [0.15, 0.2) is 42.5 Å². The van der Waals surface area contributed by atoms with E-state index in [1.54, 1.807) is 0 Å². The summed E-state index contributed by atoms with van der Waals surface area (Å²) < 4.78 is 1.14. The lowest BCUT2D eigenvalue weighted by molar-refractivity contribution is -0.116. The predicted octanol–water partition coefficient (Wildman–Crippen LogP) is 4.48. The van der Waals surface area contributed by atoms with Crippen LogP contribution in [-0.2, 0) is 11.2 Å². The van der Waals surface area contributed by atoms with Gasteiger partial charge in [-0.25, -0.2) is 4.98 Å². The highest BCUT2D eigenvalue weighted by molar-refractivity contribution is 7.22. The second kappa shape index (κ2) is 6.28. The average molecular weight is 310 g/mol. The molecule has 0 aliphatic carbocycles. The molecule has 22 heavy (non-hydrogen) atoms. The third-order valence-electron chi connectivity index (χ3n) is 3.55. The SMILES string of the molecule is Cc1cc(C)c2sc(NC(=O)CCc3ccccc3)nc2c1. The molecule has 0 radical (unpaired) electrons. The van der Waals surface area contributed by atoms with E-state index >= 15 is 0 Å². The highest BCUT2D eigenvalue weighted by Crippen LogP contribution is 2.29. The van der Waals surface area contributed by atoms with Crippen LogP contribution in [0.3, 0.4) is 0 Å². The first-order valence-electron chi connectivity index (χ1n) is 7.33. The van der Waals surface area contributed by atoms with Crippen LogP contribution in [-0.4, -0.2) is 10.9 Å². The number of nitrogens with one attached hydrogen (secondary N) is 1. The van der Waals surface area contributed by atoms with Crippen LogP contribution in [0.4, 0.5) is 5.13 Å². The van der Waals surface area contributed by atoms with Gasteiger partial charge in [-0.05, 0) is 43.0 Å². The van der Waals surface area contributed by atoms with Crippen molar-refractivity contribution in [1.82, 2.24) is 4.98 Å². The Morgan fingerprint density at radius 3 is 2.73 bits per heavy atom. The fraction of sp³-hybridized carbons (Fsp3) is 0.222. The second-order valence-corrected chi connectivity index (χ2v) is 6.48. The number of anilines is 1. The minimum Gasteiger partial charge on any atom is -0.302 e. The Hall–Kier alpha value is -2.20. The number of amides is 1. The van der Waals surface area contributed by atoms with Crippen LogP contribution in [0.5, 0.6) is 0 Å². The number of hydrogen-bond donors (Lipinski definition) is 1. The molecule has 0 aliphatic heterocycles. The molecule has 0 aliphatic rings. The van der Waals surface area contributed by atoms with Crippen molar-refractivity contribution in [3.63, 3.8) is 0 Å². The summed E-state index contributed by atoms with van der Waals surface area (Å²) >= 11 is 1.54. The van der Waals surface area contributed by atoms with Crippen molar-refractivity contribution in [2.75, 3.05) is 5.32 Å². The van der Waals surface area contributed by atoms with E-state index in [4.69, 9.17) is 0 Å². The smallest absolute Gasteiger partial charge is 0.226 e.